The molecule has 3 heteroatoms. The van der Waals surface area contributed by atoms with Gasteiger partial charge in [-0.3, -0.25) is 0 Å². The average molecular weight is 548 g/mol. The van der Waals surface area contributed by atoms with Crippen molar-refractivity contribution < 1.29 is 0 Å². The minimum absolute atomic E-state index is 0.163. The van der Waals surface area contributed by atoms with E-state index in [9.17, 15) is 0 Å². The van der Waals surface area contributed by atoms with Gasteiger partial charge in [0.25, 0.3) is 6.71 Å². The van der Waals surface area contributed by atoms with E-state index < -0.39 is 0 Å². The normalized spacial score (nSPS) is 20.9. The molecule has 2 atom stereocenters. The van der Waals surface area contributed by atoms with E-state index in [4.69, 9.17) is 0 Å². The summed E-state index contributed by atoms with van der Waals surface area (Å²) in [6.45, 7) is 5.11. The van der Waals surface area contributed by atoms with Crippen LogP contribution < -0.4 is 21.3 Å². The van der Waals surface area contributed by atoms with Gasteiger partial charge in [0, 0.05) is 38.8 Å². The van der Waals surface area contributed by atoms with Gasteiger partial charge >= 0.3 is 0 Å². The SMILES string of the molecule is CC1(c2ccccc2)c2cccc3c2N(c2cccc4c2B3c2cccc3c5ccccc5n-4c23)C1(C)c1ccccc1. The Morgan fingerprint density at radius 1 is 0.535 bits per heavy atom. The maximum absolute atomic E-state index is 2.71. The first-order valence-electron chi connectivity index (χ1n) is 15.3. The molecule has 0 spiro atoms. The summed E-state index contributed by atoms with van der Waals surface area (Å²) in [6.07, 6.45) is 0. The lowest BCUT2D eigenvalue weighted by Gasteiger charge is -2.50. The number of fused-ring (bicyclic) bond motifs is 7. The maximum atomic E-state index is 2.71. The minimum Gasteiger partial charge on any atom is -0.331 e. The molecule has 0 saturated heterocycles. The predicted molar refractivity (Wildman–Crippen MR) is 181 cm³/mol. The first-order valence-corrected chi connectivity index (χ1v) is 15.3. The quantitative estimate of drug-likeness (QED) is 0.206. The first kappa shape index (κ1) is 23.5. The summed E-state index contributed by atoms with van der Waals surface area (Å²) in [4.78, 5) is 2.71. The van der Waals surface area contributed by atoms with Gasteiger partial charge in [0.1, 0.15) is 0 Å². The molecule has 43 heavy (non-hydrogen) atoms. The van der Waals surface area contributed by atoms with Crippen molar-refractivity contribution >= 4 is 56.3 Å². The molecule has 202 valence electrons. The van der Waals surface area contributed by atoms with Crippen molar-refractivity contribution in [3.05, 3.63) is 156 Å². The molecule has 10 rings (SSSR count). The third-order valence-corrected chi connectivity index (χ3v) is 11.1. The molecule has 3 aliphatic rings. The summed E-state index contributed by atoms with van der Waals surface area (Å²) >= 11 is 0. The zero-order valence-corrected chi connectivity index (χ0v) is 24.3. The number of rotatable bonds is 2. The zero-order valence-electron chi connectivity index (χ0n) is 24.3. The third-order valence-electron chi connectivity index (χ3n) is 11.1. The summed E-state index contributed by atoms with van der Waals surface area (Å²) in [7, 11) is 0. The molecule has 0 fully saturated rings. The Labute approximate surface area is 251 Å². The molecular weight excluding hydrogens is 519 g/mol. The molecule has 4 heterocycles. The van der Waals surface area contributed by atoms with Crippen molar-refractivity contribution in [3.8, 4) is 5.69 Å². The van der Waals surface area contributed by atoms with E-state index in [0.717, 1.165) is 0 Å². The summed E-state index contributed by atoms with van der Waals surface area (Å²) in [5, 5.41) is 2.65. The number of nitrogens with zero attached hydrogens (tertiary/aromatic N) is 2. The molecule has 7 aromatic rings. The molecule has 0 radical (unpaired) electrons. The average Bonchev–Trinajstić information content (AvgIpc) is 3.52. The van der Waals surface area contributed by atoms with Gasteiger partial charge < -0.3 is 9.47 Å². The second-order valence-electron chi connectivity index (χ2n) is 12.7. The Bertz CT molecular complexity index is 2290. The number of hydrogen-bond donors (Lipinski definition) is 0. The van der Waals surface area contributed by atoms with Crippen molar-refractivity contribution in [1.29, 1.82) is 0 Å². The van der Waals surface area contributed by atoms with Crippen LogP contribution in [0.3, 0.4) is 0 Å². The summed E-state index contributed by atoms with van der Waals surface area (Å²) in [6, 6.07) is 52.3. The van der Waals surface area contributed by atoms with Crippen molar-refractivity contribution in [2.75, 3.05) is 4.90 Å². The first-order chi connectivity index (χ1) is 21.1. The zero-order chi connectivity index (χ0) is 28.5. The third kappa shape index (κ3) is 2.56. The van der Waals surface area contributed by atoms with Crippen LogP contribution in [0.25, 0.3) is 27.5 Å². The molecule has 2 nitrogen and oxygen atoms in total. The van der Waals surface area contributed by atoms with Crippen LogP contribution in [-0.2, 0) is 11.0 Å². The van der Waals surface area contributed by atoms with Gasteiger partial charge in [0.05, 0.1) is 11.1 Å². The molecule has 0 bridgehead atoms. The second kappa shape index (κ2) is 7.87. The number of para-hydroxylation sites is 3. The van der Waals surface area contributed by atoms with Crippen LogP contribution in [0.5, 0.6) is 0 Å². The Kier molecular flexibility index (Phi) is 4.31. The van der Waals surface area contributed by atoms with Crippen LogP contribution in [0.1, 0.15) is 30.5 Å². The Balaban J connectivity index is 1.39. The fraction of sp³-hybridized carbons (Fsp3) is 0.100. The van der Waals surface area contributed by atoms with Crippen LogP contribution in [0.4, 0.5) is 11.4 Å². The monoisotopic (exact) mass is 548 g/mol. The van der Waals surface area contributed by atoms with Crippen LogP contribution in [0.15, 0.2) is 140 Å². The number of anilines is 2. The fourth-order valence-electron chi connectivity index (χ4n) is 9.14. The van der Waals surface area contributed by atoms with Gasteiger partial charge in [-0.1, -0.05) is 121 Å². The van der Waals surface area contributed by atoms with Gasteiger partial charge in [-0.2, -0.15) is 0 Å². The smallest absolute Gasteiger partial charge is 0.252 e. The molecule has 6 aromatic carbocycles. The van der Waals surface area contributed by atoms with E-state index in [1.807, 2.05) is 0 Å². The molecule has 0 saturated carbocycles. The fourth-order valence-corrected chi connectivity index (χ4v) is 9.14. The number of benzene rings is 6. The lowest BCUT2D eigenvalue weighted by atomic mass is 9.33. The molecule has 3 aliphatic heterocycles. The topological polar surface area (TPSA) is 8.17 Å². The molecule has 2 unspecified atom stereocenters. The lowest BCUT2D eigenvalue weighted by Crippen LogP contribution is -2.62. The Morgan fingerprint density at radius 3 is 1.98 bits per heavy atom. The van der Waals surface area contributed by atoms with Gasteiger partial charge in [0.15, 0.2) is 0 Å². The number of aromatic nitrogens is 1. The minimum atomic E-state index is -0.376. The van der Waals surface area contributed by atoms with E-state index in [2.05, 4.69) is 163 Å². The summed E-state index contributed by atoms with van der Waals surface area (Å²) in [5.41, 5.74) is 14.2. The highest BCUT2D eigenvalue weighted by Crippen LogP contribution is 2.62. The van der Waals surface area contributed by atoms with E-state index in [1.54, 1.807) is 0 Å². The Morgan fingerprint density at radius 2 is 1.16 bits per heavy atom. The molecule has 0 amide bonds. The van der Waals surface area contributed by atoms with E-state index >= 15 is 0 Å². The van der Waals surface area contributed by atoms with Crippen molar-refractivity contribution in [2.45, 2.75) is 24.8 Å². The molecule has 1 aromatic heterocycles. The van der Waals surface area contributed by atoms with Gasteiger partial charge in [-0.05, 0) is 65.1 Å². The highest BCUT2D eigenvalue weighted by Gasteiger charge is 2.61. The van der Waals surface area contributed by atoms with Crippen LogP contribution in [-0.4, -0.2) is 11.3 Å². The van der Waals surface area contributed by atoms with E-state index in [-0.39, 0.29) is 17.7 Å². The highest BCUT2D eigenvalue weighted by molar-refractivity contribution is 7.00. The lowest BCUT2D eigenvalue weighted by molar-refractivity contribution is 0.336. The van der Waals surface area contributed by atoms with Crippen molar-refractivity contribution in [1.82, 2.24) is 4.57 Å². The standard InChI is InChI=1S/C40H29BN2/c1-39(26-14-5-3-6-15-26)30-20-12-22-32-38(30)43(40(39,2)27-16-7-4-8-17-27)35-25-13-24-34-36(35)41(32)31-21-11-19-29-28-18-9-10-23-33(28)42(34)37(29)31/h3-25H,1-2H3. The van der Waals surface area contributed by atoms with Gasteiger partial charge in [0.2, 0.25) is 0 Å². The molecule has 0 aliphatic carbocycles. The van der Waals surface area contributed by atoms with E-state index in [0.29, 0.717) is 0 Å². The van der Waals surface area contributed by atoms with Crippen LogP contribution in [0.2, 0.25) is 0 Å². The van der Waals surface area contributed by atoms with E-state index in [1.165, 1.54) is 71.9 Å². The molecular formula is C40H29BN2. The largest absolute Gasteiger partial charge is 0.331 e. The second-order valence-corrected chi connectivity index (χ2v) is 12.7. The summed E-state index contributed by atoms with van der Waals surface area (Å²) < 4.78 is 2.54. The van der Waals surface area contributed by atoms with Crippen LogP contribution in [0, 0.1) is 0 Å². The van der Waals surface area contributed by atoms with Crippen molar-refractivity contribution in [2.24, 2.45) is 0 Å². The summed E-state index contributed by atoms with van der Waals surface area (Å²) in [5.74, 6) is 0. The van der Waals surface area contributed by atoms with Gasteiger partial charge in [-0.25, -0.2) is 0 Å². The van der Waals surface area contributed by atoms with Crippen LogP contribution >= 0.6 is 0 Å². The highest BCUT2D eigenvalue weighted by atomic mass is 15.3. The van der Waals surface area contributed by atoms with Gasteiger partial charge in [-0.15, -0.1) is 0 Å². The van der Waals surface area contributed by atoms with Crippen molar-refractivity contribution in [3.63, 3.8) is 0 Å². The maximum Gasteiger partial charge on any atom is 0.252 e. The Hall–Kier alpha value is -5.02. The molecule has 0 N–H and O–H groups in total. The number of hydrogen-bond acceptors (Lipinski definition) is 1. The predicted octanol–water partition coefficient (Wildman–Crippen LogP) is 7.30.